The number of amides is 1. The van der Waals surface area contributed by atoms with Gasteiger partial charge in [0, 0.05) is 6.54 Å². The third kappa shape index (κ3) is 4.45. The van der Waals surface area contributed by atoms with Gasteiger partial charge in [0.2, 0.25) is 15.9 Å². The highest BCUT2D eigenvalue weighted by molar-refractivity contribution is 7.88. The van der Waals surface area contributed by atoms with Crippen molar-refractivity contribution in [2.24, 2.45) is 0 Å². The van der Waals surface area contributed by atoms with Crippen molar-refractivity contribution in [1.82, 2.24) is 9.62 Å². The lowest BCUT2D eigenvalue weighted by atomic mass is 10.0. The molecule has 1 amide bonds. The van der Waals surface area contributed by atoms with Gasteiger partial charge < -0.3 is 5.32 Å². The van der Waals surface area contributed by atoms with Crippen LogP contribution in [-0.2, 0) is 14.8 Å². The summed E-state index contributed by atoms with van der Waals surface area (Å²) in [6, 6.07) is -1.03. The highest BCUT2D eigenvalue weighted by atomic mass is 32.2. The zero-order valence-corrected chi connectivity index (χ0v) is 10.6. The van der Waals surface area contributed by atoms with E-state index in [0.29, 0.717) is 12.8 Å². The molecule has 1 saturated heterocycles. The van der Waals surface area contributed by atoms with Crippen molar-refractivity contribution in [3.63, 3.8) is 0 Å². The maximum atomic E-state index is 12.0. The van der Waals surface area contributed by atoms with Crippen molar-refractivity contribution in [3.8, 4) is 0 Å². The number of sulfonamides is 1. The van der Waals surface area contributed by atoms with E-state index in [1.165, 1.54) is 0 Å². The molecule has 0 radical (unpaired) electrons. The van der Waals surface area contributed by atoms with Crippen LogP contribution in [0.5, 0.6) is 0 Å². The second kappa shape index (κ2) is 5.43. The summed E-state index contributed by atoms with van der Waals surface area (Å²) in [6.45, 7) is -1.27. The quantitative estimate of drug-likeness (QED) is 0.821. The molecule has 5 nitrogen and oxygen atoms in total. The van der Waals surface area contributed by atoms with Gasteiger partial charge in [0.05, 0.1) is 6.26 Å². The average Bonchev–Trinajstić information content (AvgIpc) is 2.24. The molecule has 0 aromatic rings. The van der Waals surface area contributed by atoms with Crippen molar-refractivity contribution >= 4 is 15.9 Å². The number of carbonyl (C=O) groups excluding carboxylic acids is 1. The van der Waals surface area contributed by atoms with Crippen molar-refractivity contribution in [2.75, 3.05) is 19.3 Å². The Hall–Kier alpha value is -0.830. The average molecular weight is 288 g/mol. The van der Waals surface area contributed by atoms with E-state index in [1.807, 2.05) is 0 Å². The summed E-state index contributed by atoms with van der Waals surface area (Å²) in [5.41, 5.74) is 0. The minimum Gasteiger partial charge on any atom is -0.346 e. The van der Waals surface area contributed by atoms with E-state index in [9.17, 15) is 26.4 Å². The number of hydrogen-bond acceptors (Lipinski definition) is 3. The number of nitrogens with one attached hydrogen (secondary N) is 1. The fourth-order valence-electron chi connectivity index (χ4n) is 1.87. The molecular weight excluding hydrogens is 273 g/mol. The van der Waals surface area contributed by atoms with E-state index in [2.05, 4.69) is 0 Å². The molecule has 1 N–H and O–H groups in total. The summed E-state index contributed by atoms with van der Waals surface area (Å²) in [6.07, 6.45) is -2.08. The van der Waals surface area contributed by atoms with Gasteiger partial charge in [-0.1, -0.05) is 6.42 Å². The molecule has 1 fully saturated rings. The molecule has 0 bridgehead atoms. The standard InChI is InChI=1S/C9H15F3N2O3S/c1-18(16,17)14-5-3-2-4-7(14)8(15)13-6-9(10,11)12/h7H,2-6H2,1H3,(H,13,15). The van der Waals surface area contributed by atoms with E-state index < -0.39 is 34.7 Å². The third-order valence-electron chi connectivity index (χ3n) is 2.65. The Morgan fingerprint density at radius 3 is 2.50 bits per heavy atom. The molecule has 0 aromatic heterocycles. The van der Waals surface area contributed by atoms with Crippen LogP contribution in [0.25, 0.3) is 0 Å². The van der Waals surface area contributed by atoms with Crippen LogP contribution in [-0.4, -0.2) is 50.2 Å². The molecule has 0 saturated carbocycles. The van der Waals surface area contributed by atoms with Crippen molar-refractivity contribution in [2.45, 2.75) is 31.5 Å². The number of rotatable bonds is 3. The first kappa shape index (κ1) is 15.2. The normalized spacial score (nSPS) is 22.8. The Bertz CT molecular complexity index is 408. The zero-order valence-electron chi connectivity index (χ0n) is 9.83. The van der Waals surface area contributed by atoms with Crippen molar-refractivity contribution in [1.29, 1.82) is 0 Å². The summed E-state index contributed by atoms with van der Waals surface area (Å²) in [5.74, 6) is -0.891. The van der Waals surface area contributed by atoms with Gasteiger partial charge in [-0.15, -0.1) is 0 Å². The van der Waals surface area contributed by atoms with E-state index in [4.69, 9.17) is 0 Å². The predicted molar refractivity (Wildman–Crippen MR) is 58.3 cm³/mol. The van der Waals surface area contributed by atoms with Gasteiger partial charge >= 0.3 is 6.18 Å². The lowest BCUT2D eigenvalue weighted by Crippen LogP contribution is -2.52. The molecule has 1 heterocycles. The van der Waals surface area contributed by atoms with Crippen LogP contribution in [0.1, 0.15) is 19.3 Å². The Labute approximate surface area is 103 Å². The molecular formula is C9H15F3N2O3S. The Morgan fingerprint density at radius 2 is 2.00 bits per heavy atom. The molecule has 1 rings (SSSR count). The summed E-state index contributed by atoms with van der Waals surface area (Å²) < 4.78 is 59.7. The van der Waals surface area contributed by atoms with Gasteiger partial charge in [-0.25, -0.2) is 8.42 Å². The number of alkyl halides is 3. The van der Waals surface area contributed by atoms with Crippen LogP contribution >= 0.6 is 0 Å². The van der Waals surface area contributed by atoms with Crippen LogP contribution in [0.2, 0.25) is 0 Å². The summed E-state index contributed by atoms with van der Waals surface area (Å²) in [4.78, 5) is 11.6. The lowest BCUT2D eigenvalue weighted by molar-refractivity contribution is -0.141. The first-order valence-corrected chi connectivity index (χ1v) is 7.27. The molecule has 1 aliphatic heterocycles. The molecule has 0 aromatic carbocycles. The van der Waals surface area contributed by atoms with E-state index in [0.717, 1.165) is 10.6 Å². The maximum absolute atomic E-state index is 12.0. The van der Waals surface area contributed by atoms with E-state index >= 15 is 0 Å². The largest absolute Gasteiger partial charge is 0.405 e. The van der Waals surface area contributed by atoms with Crippen molar-refractivity contribution in [3.05, 3.63) is 0 Å². The van der Waals surface area contributed by atoms with Crippen LogP contribution in [0.15, 0.2) is 0 Å². The minimum absolute atomic E-state index is 0.170. The summed E-state index contributed by atoms with van der Waals surface area (Å²) in [5, 5.41) is 1.72. The summed E-state index contributed by atoms with van der Waals surface area (Å²) in [7, 11) is -3.58. The monoisotopic (exact) mass is 288 g/mol. The lowest BCUT2D eigenvalue weighted by Gasteiger charge is -2.32. The maximum Gasteiger partial charge on any atom is 0.405 e. The molecule has 1 aliphatic rings. The van der Waals surface area contributed by atoms with Gasteiger partial charge in [0.15, 0.2) is 0 Å². The molecule has 1 unspecified atom stereocenters. The second-order valence-corrected chi connectivity index (χ2v) is 6.15. The van der Waals surface area contributed by atoms with Crippen molar-refractivity contribution < 1.29 is 26.4 Å². The van der Waals surface area contributed by atoms with Gasteiger partial charge in [-0.05, 0) is 12.8 Å². The Balaban J connectivity index is 2.70. The minimum atomic E-state index is -4.50. The van der Waals surface area contributed by atoms with E-state index in [-0.39, 0.29) is 13.0 Å². The van der Waals surface area contributed by atoms with Crippen LogP contribution in [0.4, 0.5) is 13.2 Å². The number of nitrogens with zero attached hydrogens (tertiary/aromatic N) is 1. The zero-order chi connectivity index (χ0) is 14.0. The SMILES string of the molecule is CS(=O)(=O)N1CCCCC1C(=O)NCC(F)(F)F. The van der Waals surface area contributed by atoms with E-state index in [1.54, 1.807) is 5.32 Å². The highest BCUT2D eigenvalue weighted by Gasteiger charge is 2.36. The third-order valence-corrected chi connectivity index (χ3v) is 3.93. The van der Waals surface area contributed by atoms with Gasteiger partial charge in [-0.2, -0.15) is 17.5 Å². The van der Waals surface area contributed by atoms with Crippen LogP contribution < -0.4 is 5.32 Å². The smallest absolute Gasteiger partial charge is 0.346 e. The van der Waals surface area contributed by atoms with Crippen LogP contribution in [0.3, 0.4) is 0 Å². The summed E-state index contributed by atoms with van der Waals surface area (Å²) >= 11 is 0. The highest BCUT2D eigenvalue weighted by Crippen LogP contribution is 2.20. The fraction of sp³-hybridized carbons (Fsp3) is 0.889. The molecule has 106 valence electrons. The Kier molecular flexibility index (Phi) is 4.60. The second-order valence-electron chi connectivity index (χ2n) is 4.22. The number of hydrogen-bond donors (Lipinski definition) is 1. The fourth-order valence-corrected chi connectivity index (χ4v) is 2.99. The number of piperidine rings is 1. The number of carbonyl (C=O) groups is 1. The molecule has 0 spiro atoms. The molecule has 18 heavy (non-hydrogen) atoms. The Morgan fingerprint density at radius 1 is 1.39 bits per heavy atom. The predicted octanol–water partition coefficient (Wildman–Crippen LogP) is 0.479. The van der Waals surface area contributed by atoms with Gasteiger partial charge in [0.1, 0.15) is 12.6 Å². The number of halogens is 3. The molecule has 0 aliphatic carbocycles. The van der Waals surface area contributed by atoms with Gasteiger partial charge in [-0.3, -0.25) is 4.79 Å². The topological polar surface area (TPSA) is 66.5 Å². The first-order valence-electron chi connectivity index (χ1n) is 5.42. The van der Waals surface area contributed by atoms with Crippen LogP contribution in [0, 0.1) is 0 Å². The van der Waals surface area contributed by atoms with Gasteiger partial charge in [0.25, 0.3) is 0 Å². The molecule has 9 heteroatoms. The first-order chi connectivity index (χ1) is 8.11. The molecule has 1 atom stereocenters.